The summed E-state index contributed by atoms with van der Waals surface area (Å²) in [7, 11) is 1.93. The molecule has 1 unspecified atom stereocenters. The average molecular weight is 284 g/mol. The van der Waals surface area contributed by atoms with Crippen molar-refractivity contribution in [2.75, 3.05) is 7.05 Å². The summed E-state index contributed by atoms with van der Waals surface area (Å²) in [5, 5.41) is 6.30. The monoisotopic (exact) mass is 283 g/mol. The third-order valence-electron chi connectivity index (χ3n) is 3.43. The zero-order chi connectivity index (χ0) is 13.9. The lowest BCUT2D eigenvalue weighted by Crippen LogP contribution is -2.18. The van der Waals surface area contributed by atoms with Gasteiger partial charge in [0.15, 0.2) is 0 Å². The van der Waals surface area contributed by atoms with Crippen LogP contribution in [0.5, 0.6) is 0 Å². The molecule has 20 heavy (non-hydrogen) atoms. The van der Waals surface area contributed by atoms with E-state index in [2.05, 4.69) is 27.4 Å². The van der Waals surface area contributed by atoms with Crippen molar-refractivity contribution in [2.45, 2.75) is 6.04 Å². The van der Waals surface area contributed by atoms with E-state index >= 15 is 0 Å². The van der Waals surface area contributed by atoms with E-state index < -0.39 is 0 Å². The quantitative estimate of drug-likeness (QED) is 0.798. The van der Waals surface area contributed by atoms with Crippen LogP contribution in [0.4, 0.5) is 0 Å². The number of pyridine rings is 2. The summed E-state index contributed by atoms with van der Waals surface area (Å²) in [6, 6.07) is 10.2. The Labute approximate surface area is 122 Å². The Morgan fingerprint density at radius 3 is 2.60 bits per heavy atom. The van der Waals surface area contributed by atoms with Gasteiger partial charge in [-0.25, -0.2) is 0 Å². The van der Waals surface area contributed by atoms with Crippen molar-refractivity contribution in [1.82, 2.24) is 15.3 Å². The smallest absolute Gasteiger partial charge is 0.0640 e. The van der Waals surface area contributed by atoms with E-state index in [9.17, 15) is 0 Å². The summed E-state index contributed by atoms with van der Waals surface area (Å²) in [6.07, 6.45) is 7.12. The molecule has 0 aliphatic heterocycles. The molecule has 0 spiro atoms. The van der Waals surface area contributed by atoms with Crippen molar-refractivity contribution < 1.29 is 0 Å². The van der Waals surface area contributed by atoms with Crippen LogP contribution in [0.2, 0.25) is 5.02 Å². The van der Waals surface area contributed by atoms with E-state index in [4.69, 9.17) is 11.6 Å². The van der Waals surface area contributed by atoms with Crippen LogP contribution in [-0.4, -0.2) is 17.0 Å². The normalized spacial score (nSPS) is 12.5. The lowest BCUT2D eigenvalue weighted by Gasteiger charge is -2.20. The van der Waals surface area contributed by atoms with E-state index in [0.717, 1.165) is 10.9 Å². The van der Waals surface area contributed by atoms with Crippen LogP contribution in [0.1, 0.15) is 17.2 Å². The van der Waals surface area contributed by atoms with E-state index in [1.54, 1.807) is 12.4 Å². The summed E-state index contributed by atoms with van der Waals surface area (Å²) in [6.45, 7) is 0. The first-order chi connectivity index (χ1) is 9.81. The highest BCUT2D eigenvalue weighted by atomic mass is 35.5. The second-order valence-corrected chi connectivity index (χ2v) is 4.97. The van der Waals surface area contributed by atoms with Crippen molar-refractivity contribution in [3.63, 3.8) is 0 Å². The molecule has 1 N–H and O–H groups in total. The van der Waals surface area contributed by atoms with Crippen molar-refractivity contribution in [1.29, 1.82) is 0 Å². The molecule has 1 aromatic carbocycles. The number of benzene rings is 1. The molecule has 0 saturated heterocycles. The first-order valence-corrected chi connectivity index (χ1v) is 6.78. The Balaban J connectivity index is 2.20. The Hall–Kier alpha value is -1.97. The molecule has 0 radical (unpaired) electrons. The molecular formula is C16H14ClN3. The number of fused-ring (bicyclic) bond motifs is 1. The van der Waals surface area contributed by atoms with Gasteiger partial charge in [-0.1, -0.05) is 29.8 Å². The van der Waals surface area contributed by atoms with Crippen LogP contribution in [0.3, 0.4) is 0 Å². The van der Waals surface area contributed by atoms with Crippen molar-refractivity contribution in [3.8, 4) is 0 Å². The molecule has 4 heteroatoms. The number of halogens is 1. The fourth-order valence-corrected chi connectivity index (χ4v) is 2.73. The predicted molar refractivity (Wildman–Crippen MR) is 81.9 cm³/mol. The first-order valence-electron chi connectivity index (χ1n) is 6.40. The van der Waals surface area contributed by atoms with Gasteiger partial charge in [-0.05, 0) is 35.7 Å². The predicted octanol–water partition coefficient (Wildman–Crippen LogP) is 3.59. The molecule has 1 atom stereocenters. The van der Waals surface area contributed by atoms with Gasteiger partial charge in [0.25, 0.3) is 0 Å². The topological polar surface area (TPSA) is 37.8 Å². The van der Waals surface area contributed by atoms with Gasteiger partial charge in [0, 0.05) is 30.2 Å². The molecule has 2 heterocycles. The number of nitrogens with one attached hydrogen (secondary N) is 1. The third-order valence-corrected chi connectivity index (χ3v) is 3.74. The lowest BCUT2D eigenvalue weighted by atomic mass is 9.95. The number of hydrogen-bond donors (Lipinski definition) is 1. The van der Waals surface area contributed by atoms with E-state index in [0.29, 0.717) is 5.02 Å². The lowest BCUT2D eigenvalue weighted by molar-refractivity contribution is 0.696. The van der Waals surface area contributed by atoms with E-state index in [1.807, 2.05) is 37.6 Å². The molecular weight excluding hydrogens is 270 g/mol. The fourth-order valence-electron chi connectivity index (χ4n) is 2.50. The molecule has 0 aliphatic carbocycles. The molecule has 3 aromatic rings. The number of rotatable bonds is 3. The Morgan fingerprint density at radius 1 is 1.00 bits per heavy atom. The summed E-state index contributed by atoms with van der Waals surface area (Å²) in [5.41, 5.74) is 2.20. The van der Waals surface area contributed by atoms with Gasteiger partial charge in [-0.15, -0.1) is 0 Å². The van der Waals surface area contributed by atoms with Gasteiger partial charge < -0.3 is 5.32 Å². The minimum Gasteiger partial charge on any atom is -0.309 e. The Kier molecular flexibility index (Phi) is 3.63. The van der Waals surface area contributed by atoms with Gasteiger partial charge >= 0.3 is 0 Å². The van der Waals surface area contributed by atoms with Gasteiger partial charge in [0.05, 0.1) is 11.1 Å². The molecule has 0 saturated carbocycles. The first kappa shape index (κ1) is 13.0. The highest BCUT2D eigenvalue weighted by molar-refractivity contribution is 6.31. The largest absolute Gasteiger partial charge is 0.309 e. The second-order valence-electron chi connectivity index (χ2n) is 4.56. The Bertz CT molecular complexity index is 737. The Morgan fingerprint density at radius 2 is 1.80 bits per heavy atom. The summed E-state index contributed by atoms with van der Waals surface area (Å²) < 4.78 is 0. The van der Waals surface area contributed by atoms with Crippen LogP contribution in [0.25, 0.3) is 10.8 Å². The minimum absolute atomic E-state index is 0.0246. The van der Waals surface area contributed by atoms with Crippen molar-refractivity contribution >= 4 is 22.4 Å². The molecule has 0 aliphatic rings. The second kappa shape index (κ2) is 5.57. The molecule has 100 valence electrons. The summed E-state index contributed by atoms with van der Waals surface area (Å²) in [5.74, 6) is 0. The fraction of sp³-hybridized carbons (Fsp3) is 0.125. The maximum Gasteiger partial charge on any atom is 0.0640 e. The van der Waals surface area contributed by atoms with Crippen LogP contribution >= 0.6 is 11.6 Å². The zero-order valence-electron chi connectivity index (χ0n) is 11.0. The highest BCUT2D eigenvalue weighted by Crippen LogP contribution is 2.31. The number of aromatic nitrogens is 2. The summed E-state index contributed by atoms with van der Waals surface area (Å²) >= 11 is 6.28. The SMILES string of the molecule is CNC(c1ccncc1Cl)c1cccc2cnccc12. The van der Waals surface area contributed by atoms with Gasteiger partial charge in [0.2, 0.25) is 0 Å². The highest BCUT2D eigenvalue weighted by Gasteiger charge is 2.17. The molecule has 2 aromatic heterocycles. The standard InChI is InChI=1S/C16H14ClN3/c1-18-16(14-6-8-20-10-15(14)17)13-4-2-3-11-9-19-7-5-12(11)13/h2-10,16,18H,1H3. The molecule has 3 nitrogen and oxygen atoms in total. The molecule has 3 rings (SSSR count). The molecule has 0 amide bonds. The average Bonchev–Trinajstić information content (AvgIpc) is 2.50. The number of nitrogens with zero attached hydrogens (tertiary/aromatic N) is 2. The van der Waals surface area contributed by atoms with Gasteiger partial charge in [-0.2, -0.15) is 0 Å². The maximum atomic E-state index is 6.28. The third kappa shape index (κ3) is 2.26. The van der Waals surface area contributed by atoms with Crippen LogP contribution in [0.15, 0.2) is 55.1 Å². The van der Waals surface area contributed by atoms with Gasteiger partial charge in [0.1, 0.15) is 0 Å². The minimum atomic E-state index is 0.0246. The van der Waals surface area contributed by atoms with Crippen LogP contribution in [-0.2, 0) is 0 Å². The van der Waals surface area contributed by atoms with Crippen molar-refractivity contribution in [3.05, 3.63) is 71.3 Å². The van der Waals surface area contributed by atoms with Crippen molar-refractivity contribution in [2.24, 2.45) is 0 Å². The van der Waals surface area contributed by atoms with E-state index in [1.165, 1.54) is 10.9 Å². The van der Waals surface area contributed by atoms with Crippen LogP contribution < -0.4 is 5.32 Å². The molecule has 0 bridgehead atoms. The number of hydrogen-bond acceptors (Lipinski definition) is 3. The zero-order valence-corrected chi connectivity index (χ0v) is 11.8. The summed E-state index contributed by atoms with van der Waals surface area (Å²) in [4.78, 5) is 8.22. The van der Waals surface area contributed by atoms with Crippen LogP contribution in [0, 0.1) is 0 Å². The van der Waals surface area contributed by atoms with Gasteiger partial charge in [-0.3, -0.25) is 9.97 Å². The van der Waals surface area contributed by atoms with E-state index in [-0.39, 0.29) is 6.04 Å². The maximum absolute atomic E-state index is 6.28. The molecule has 0 fully saturated rings.